The second kappa shape index (κ2) is 6.49. The lowest BCUT2D eigenvalue weighted by Gasteiger charge is -2.08. The molecular weight excluding hydrogens is 296 g/mol. The third-order valence-corrected chi connectivity index (χ3v) is 3.79. The van der Waals surface area contributed by atoms with Crippen LogP contribution >= 0.6 is 0 Å². The van der Waals surface area contributed by atoms with Crippen molar-refractivity contribution in [3.63, 3.8) is 0 Å². The molecular formula is C13H16N2O5S. The van der Waals surface area contributed by atoms with Gasteiger partial charge in [-0.05, 0) is 31.2 Å². The van der Waals surface area contributed by atoms with Gasteiger partial charge in [-0.1, -0.05) is 5.16 Å². The van der Waals surface area contributed by atoms with Crippen molar-refractivity contribution >= 4 is 15.8 Å². The summed E-state index contributed by atoms with van der Waals surface area (Å²) in [5.41, 5.74) is 0. The minimum atomic E-state index is -3.53. The Morgan fingerprint density at radius 3 is 2.48 bits per heavy atom. The summed E-state index contributed by atoms with van der Waals surface area (Å²) in [4.78, 5) is 0. The van der Waals surface area contributed by atoms with Crippen molar-refractivity contribution in [3.8, 4) is 11.5 Å². The lowest BCUT2D eigenvalue weighted by Crippen LogP contribution is -2.21. The number of anilines is 1. The molecule has 0 aliphatic rings. The molecule has 0 spiro atoms. The van der Waals surface area contributed by atoms with E-state index < -0.39 is 10.0 Å². The summed E-state index contributed by atoms with van der Waals surface area (Å²) in [7, 11) is -1.96. The van der Waals surface area contributed by atoms with Crippen molar-refractivity contribution < 1.29 is 22.4 Å². The van der Waals surface area contributed by atoms with Crippen molar-refractivity contribution in [2.45, 2.75) is 6.92 Å². The highest BCUT2D eigenvalue weighted by molar-refractivity contribution is 7.92. The number of benzene rings is 1. The fourth-order valence-electron chi connectivity index (χ4n) is 1.57. The summed E-state index contributed by atoms with van der Waals surface area (Å²) < 4.78 is 41.1. The van der Waals surface area contributed by atoms with Crippen molar-refractivity contribution in [1.29, 1.82) is 0 Å². The van der Waals surface area contributed by atoms with Gasteiger partial charge in [0.1, 0.15) is 29.6 Å². The van der Waals surface area contributed by atoms with Gasteiger partial charge in [-0.3, -0.25) is 4.72 Å². The molecule has 0 bridgehead atoms. The highest BCUT2D eigenvalue weighted by Crippen LogP contribution is 2.17. The van der Waals surface area contributed by atoms with Crippen LogP contribution in [0.5, 0.6) is 11.5 Å². The maximum Gasteiger partial charge on any atom is 0.237 e. The fourth-order valence-corrected chi connectivity index (χ4v) is 2.39. The number of aryl methyl sites for hydroxylation is 1. The molecule has 114 valence electrons. The highest BCUT2D eigenvalue weighted by atomic mass is 32.2. The summed E-state index contributed by atoms with van der Waals surface area (Å²) in [6.07, 6.45) is 0. The molecule has 1 N–H and O–H groups in total. The van der Waals surface area contributed by atoms with E-state index in [4.69, 9.17) is 14.0 Å². The van der Waals surface area contributed by atoms with Gasteiger partial charge in [0, 0.05) is 6.07 Å². The van der Waals surface area contributed by atoms with Crippen LogP contribution < -0.4 is 14.2 Å². The maximum absolute atomic E-state index is 11.8. The minimum Gasteiger partial charge on any atom is -0.497 e. The van der Waals surface area contributed by atoms with E-state index in [0.29, 0.717) is 17.3 Å². The largest absolute Gasteiger partial charge is 0.497 e. The number of nitrogens with one attached hydrogen (secondary N) is 1. The summed E-state index contributed by atoms with van der Waals surface area (Å²) in [6.45, 7) is 1.70. The van der Waals surface area contributed by atoms with Gasteiger partial charge < -0.3 is 14.0 Å². The summed E-state index contributed by atoms with van der Waals surface area (Å²) in [6, 6.07) is 8.39. The van der Waals surface area contributed by atoms with E-state index >= 15 is 0 Å². The van der Waals surface area contributed by atoms with Gasteiger partial charge in [-0.15, -0.1) is 0 Å². The number of sulfonamides is 1. The number of ether oxygens (including phenoxy) is 2. The third-order valence-electron chi connectivity index (χ3n) is 2.57. The van der Waals surface area contributed by atoms with Gasteiger partial charge in [0.25, 0.3) is 0 Å². The quantitative estimate of drug-likeness (QED) is 0.838. The standard InChI is InChI=1S/C13H16N2O5S/c1-10-9-13(14-20-10)15-21(16,17)8-7-19-12-5-3-11(18-2)4-6-12/h3-6,9H,7-8H2,1-2H3,(H,14,15). The molecule has 2 aromatic rings. The summed E-state index contributed by atoms with van der Waals surface area (Å²) >= 11 is 0. The number of rotatable bonds is 7. The maximum atomic E-state index is 11.8. The van der Waals surface area contributed by atoms with E-state index in [-0.39, 0.29) is 18.2 Å². The Kier molecular flexibility index (Phi) is 4.69. The first-order valence-electron chi connectivity index (χ1n) is 6.19. The molecule has 21 heavy (non-hydrogen) atoms. The fraction of sp³-hybridized carbons (Fsp3) is 0.308. The molecule has 0 saturated heterocycles. The van der Waals surface area contributed by atoms with Crippen molar-refractivity contribution in [3.05, 3.63) is 36.1 Å². The smallest absolute Gasteiger partial charge is 0.237 e. The van der Waals surface area contributed by atoms with Gasteiger partial charge >= 0.3 is 0 Å². The van der Waals surface area contributed by atoms with Crippen LogP contribution in [0.3, 0.4) is 0 Å². The molecule has 0 fully saturated rings. The Hall–Kier alpha value is -2.22. The van der Waals surface area contributed by atoms with E-state index in [9.17, 15) is 8.42 Å². The second-order valence-electron chi connectivity index (χ2n) is 4.27. The topological polar surface area (TPSA) is 90.7 Å². The Labute approximate surface area is 122 Å². The monoisotopic (exact) mass is 312 g/mol. The summed E-state index contributed by atoms with van der Waals surface area (Å²) in [5, 5.41) is 3.57. The molecule has 0 atom stereocenters. The molecule has 0 radical (unpaired) electrons. The van der Waals surface area contributed by atoms with E-state index in [2.05, 4.69) is 9.88 Å². The predicted octanol–water partition coefficient (Wildman–Crippen LogP) is 1.81. The lowest BCUT2D eigenvalue weighted by atomic mass is 10.3. The average Bonchev–Trinajstić information content (AvgIpc) is 2.84. The Morgan fingerprint density at radius 1 is 1.24 bits per heavy atom. The van der Waals surface area contributed by atoms with Crippen LogP contribution in [-0.2, 0) is 10.0 Å². The molecule has 0 unspecified atom stereocenters. The molecule has 1 heterocycles. The van der Waals surface area contributed by atoms with Gasteiger partial charge in [0.2, 0.25) is 10.0 Å². The highest BCUT2D eigenvalue weighted by Gasteiger charge is 2.13. The number of hydrogen-bond acceptors (Lipinski definition) is 6. The molecule has 8 heteroatoms. The van der Waals surface area contributed by atoms with Crippen molar-refractivity contribution in [1.82, 2.24) is 5.16 Å². The molecule has 1 aromatic carbocycles. The van der Waals surface area contributed by atoms with E-state index in [1.807, 2.05) is 0 Å². The van der Waals surface area contributed by atoms with Crippen LogP contribution in [0.4, 0.5) is 5.82 Å². The summed E-state index contributed by atoms with van der Waals surface area (Å²) in [5.74, 6) is 1.78. The van der Waals surface area contributed by atoms with Crippen LogP contribution in [0.2, 0.25) is 0 Å². The minimum absolute atomic E-state index is 0.0263. The van der Waals surface area contributed by atoms with Crippen molar-refractivity contribution in [2.24, 2.45) is 0 Å². The Morgan fingerprint density at radius 2 is 1.90 bits per heavy atom. The number of methoxy groups -OCH3 is 1. The molecule has 0 amide bonds. The van der Waals surface area contributed by atoms with Crippen molar-refractivity contribution in [2.75, 3.05) is 24.2 Å². The van der Waals surface area contributed by atoms with E-state index in [0.717, 1.165) is 0 Å². The van der Waals surface area contributed by atoms with Crippen LogP contribution in [0, 0.1) is 6.92 Å². The van der Waals surface area contributed by atoms with Gasteiger partial charge in [-0.25, -0.2) is 8.42 Å². The number of aromatic nitrogens is 1. The van der Waals surface area contributed by atoms with Crippen LogP contribution in [0.1, 0.15) is 5.76 Å². The second-order valence-corrected chi connectivity index (χ2v) is 6.11. The molecule has 0 aliphatic heterocycles. The van der Waals surface area contributed by atoms with E-state index in [1.54, 1.807) is 38.3 Å². The number of hydrogen-bond donors (Lipinski definition) is 1. The normalized spacial score (nSPS) is 11.1. The first kappa shape index (κ1) is 15.2. The van der Waals surface area contributed by atoms with Gasteiger partial charge in [-0.2, -0.15) is 0 Å². The SMILES string of the molecule is COc1ccc(OCCS(=O)(=O)Nc2cc(C)on2)cc1. The Balaban J connectivity index is 1.83. The van der Waals surface area contributed by atoms with Crippen LogP contribution in [-0.4, -0.2) is 33.0 Å². The zero-order chi connectivity index (χ0) is 15.3. The van der Waals surface area contributed by atoms with Gasteiger partial charge in [0.05, 0.1) is 7.11 Å². The van der Waals surface area contributed by atoms with Gasteiger partial charge in [0.15, 0.2) is 5.82 Å². The first-order chi connectivity index (χ1) is 9.98. The molecule has 1 aromatic heterocycles. The predicted molar refractivity (Wildman–Crippen MR) is 77.1 cm³/mol. The molecule has 0 aliphatic carbocycles. The van der Waals surface area contributed by atoms with Crippen LogP contribution in [0.15, 0.2) is 34.9 Å². The van der Waals surface area contributed by atoms with E-state index in [1.165, 1.54) is 6.07 Å². The molecule has 0 saturated carbocycles. The Bertz CT molecular complexity index is 679. The number of nitrogens with zero attached hydrogens (tertiary/aromatic N) is 1. The zero-order valence-corrected chi connectivity index (χ0v) is 12.5. The molecule has 7 nitrogen and oxygen atoms in total. The first-order valence-corrected chi connectivity index (χ1v) is 7.84. The zero-order valence-electron chi connectivity index (χ0n) is 11.7. The van der Waals surface area contributed by atoms with Crippen LogP contribution in [0.25, 0.3) is 0 Å². The third kappa shape index (κ3) is 4.67. The molecule has 2 rings (SSSR count). The average molecular weight is 312 g/mol. The lowest BCUT2D eigenvalue weighted by molar-refractivity contribution is 0.339.